The highest BCUT2D eigenvalue weighted by Crippen LogP contribution is 2.34. The molecule has 9 heteroatoms. The summed E-state index contributed by atoms with van der Waals surface area (Å²) in [6, 6.07) is 0.176. The van der Waals surface area contributed by atoms with Gasteiger partial charge in [0.15, 0.2) is 17.0 Å². The van der Waals surface area contributed by atoms with Crippen molar-refractivity contribution in [1.29, 1.82) is 0 Å². The molecule has 29 heavy (non-hydrogen) atoms. The molecule has 1 aliphatic carbocycles. The predicted octanol–water partition coefficient (Wildman–Crippen LogP) is 0.720. The van der Waals surface area contributed by atoms with E-state index < -0.39 is 0 Å². The van der Waals surface area contributed by atoms with E-state index in [0.29, 0.717) is 19.8 Å². The summed E-state index contributed by atoms with van der Waals surface area (Å²) < 4.78 is 7.50. The second kappa shape index (κ2) is 7.53. The smallest absolute Gasteiger partial charge is 0.223 e. The normalized spacial score (nSPS) is 22.3. The van der Waals surface area contributed by atoms with Gasteiger partial charge >= 0.3 is 0 Å². The van der Waals surface area contributed by atoms with E-state index >= 15 is 0 Å². The van der Waals surface area contributed by atoms with Crippen LogP contribution in [0.15, 0.2) is 12.7 Å². The van der Waals surface area contributed by atoms with Gasteiger partial charge in [0.2, 0.25) is 5.91 Å². The molecule has 0 bridgehead atoms. The molecule has 4 heterocycles. The first kappa shape index (κ1) is 18.7. The highest BCUT2D eigenvalue weighted by molar-refractivity contribution is 5.84. The first-order valence-electron chi connectivity index (χ1n) is 10.6. The Labute approximate surface area is 169 Å². The number of amides is 1. The van der Waals surface area contributed by atoms with Gasteiger partial charge in [0, 0.05) is 44.2 Å². The lowest BCUT2D eigenvalue weighted by atomic mass is 9.81. The number of anilines is 1. The Hall–Kier alpha value is -2.26. The number of ether oxygens (including phenoxy) is 1. The van der Waals surface area contributed by atoms with E-state index in [-0.39, 0.29) is 29.9 Å². The Morgan fingerprint density at radius 3 is 2.72 bits per heavy atom. The zero-order valence-corrected chi connectivity index (χ0v) is 16.6. The van der Waals surface area contributed by atoms with Crippen LogP contribution in [0.5, 0.6) is 0 Å². The van der Waals surface area contributed by atoms with E-state index in [1.54, 1.807) is 12.7 Å². The largest absolute Gasteiger partial charge is 0.396 e. The number of carbonyl (C=O) groups is 1. The van der Waals surface area contributed by atoms with Crippen LogP contribution in [0.4, 0.5) is 5.82 Å². The van der Waals surface area contributed by atoms with E-state index in [2.05, 4.69) is 25.2 Å². The number of hydrogen-bond acceptors (Lipinski definition) is 7. The number of aromatic nitrogens is 4. The van der Waals surface area contributed by atoms with Gasteiger partial charge in [-0.3, -0.25) is 4.79 Å². The molecule has 0 atom stereocenters. The monoisotopic (exact) mass is 400 g/mol. The van der Waals surface area contributed by atoms with Crippen molar-refractivity contribution >= 4 is 22.9 Å². The molecule has 0 aromatic carbocycles. The van der Waals surface area contributed by atoms with Gasteiger partial charge in [-0.1, -0.05) is 6.42 Å². The SMILES string of the molecule is O=C(NC1CN(c2ncnc3c2ncn3CC2(CO)CCOCC2)C1)C1CCC1. The predicted molar refractivity (Wildman–Crippen MR) is 106 cm³/mol. The summed E-state index contributed by atoms with van der Waals surface area (Å²) in [6.45, 7) is 3.64. The molecule has 0 radical (unpaired) electrons. The molecule has 0 unspecified atom stereocenters. The van der Waals surface area contributed by atoms with Gasteiger partial charge in [-0.05, 0) is 25.7 Å². The summed E-state index contributed by atoms with van der Waals surface area (Å²) in [7, 11) is 0. The minimum absolute atomic E-state index is 0.127. The topological polar surface area (TPSA) is 105 Å². The van der Waals surface area contributed by atoms with E-state index in [0.717, 1.165) is 55.8 Å². The summed E-state index contributed by atoms with van der Waals surface area (Å²) in [6.07, 6.45) is 8.24. The molecule has 2 N–H and O–H groups in total. The van der Waals surface area contributed by atoms with Crippen LogP contribution in [0.3, 0.4) is 0 Å². The van der Waals surface area contributed by atoms with Crippen molar-refractivity contribution in [1.82, 2.24) is 24.8 Å². The lowest BCUT2D eigenvalue weighted by Crippen LogP contribution is -2.60. The van der Waals surface area contributed by atoms with Gasteiger partial charge in [0.05, 0.1) is 19.0 Å². The number of fused-ring (bicyclic) bond motifs is 1. The van der Waals surface area contributed by atoms with Crippen molar-refractivity contribution in [2.45, 2.75) is 44.7 Å². The maximum absolute atomic E-state index is 12.1. The van der Waals surface area contributed by atoms with E-state index in [1.807, 2.05) is 4.57 Å². The zero-order chi connectivity index (χ0) is 19.8. The third kappa shape index (κ3) is 3.46. The Balaban J connectivity index is 1.28. The van der Waals surface area contributed by atoms with Gasteiger partial charge in [0.25, 0.3) is 0 Å². The summed E-state index contributed by atoms with van der Waals surface area (Å²) >= 11 is 0. The van der Waals surface area contributed by atoms with Crippen molar-refractivity contribution in [2.75, 3.05) is 37.8 Å². The Morgan fingerprint density at radius 2 is 2.03 bits per heavy atom. The average Bonchev–Trinajstić information content (AvgIpc) is 3.07. The Kier molecular flexibility index (Phi) is 4.87. The second-order valence-electron chi connectivity index (χ2n) is 8.75. The zero-order valence-electron chi connectivity index (χ0n) is 16.6. The molecule has 0 spiro atoms. The molecular formula is C20H28N6O3. The molecule has 1 saturated carbocycles. The fraction of sp³-hybridized carbons (Fsp3) is 0.700. The fourth-order valence-electron chi connectivity index (χ4n) is 4.48. The molecule has 1 amide bonds. The number of nitrogens with zero attached hydrogens (tertiary/aromatic N) is 5. The van der Waals surface area contributed by atoms with E-state index in [1.165, 1.54) is 6.42 Å². The number of carbonyl (C=O) groups excluding carboxylic acids is 1. The van der Waals surface area contributed by atoms with Crippen molar-refractivity contribution in [2.24, 2.45) is 11.3 Å². The maximum atomic E-state index is 12.1. The standard InChI is InChI=1S/C20H28N6O3/c27-11-20(4-6-29-7-5-20)10-26-13-23-16-17(21-12-22-18(16)26)25-8-15(9-25)24-19(28)14-2-1-3-14/h12-15,27H,1-11H2,(H,24,28). The number of aliphatic hydroxyl groups excluding tert-OH is 1. The van der Waals surface area contributed by atoms with Crippen LogP contribution in [-0.2, 0) is 16.1 Å². The number of nitrogens with one attached hydrogen (secondary N) is 1. The van der Waals surface area contributed by atoms with Gasteiger partial charge in [-0.15, -0.1) is 0 Å². The third-order valence-corrected chi connectivity index (χ3v) is 6.78. The number of rotatable bonds is 6. The highest BCUT2D eigenvalue weighted by atomic mass is 16.5. The molecule has 2 aliphatic heterocycles. The second-order valence-corrected chi connectivity index (χ2v) is 8.75. The van der Waals surface area contributed by atoms with Crippen molar-refractivity contribution in [3.05, 3.63) is 12.7 Å². The first-order valence-corrected chi connectivity index (χ1v) is 10.6. The molecule has 9 nitrogen and oxygen atoms in total. The summed E-state index contributed by atoms with van der Waals surface area (Å²) in [4.78, 5) is 27.8. The Morgan fingerprint density at radius 1 is 1.24 bits per heavy atom. The van der Waals surface area contributed by atoms with E-state index in [9.17, 15) is 9.90 Å². The molecular weight excluding hydrogens is 372 g/mol. The first-order chi connectivity index (χ1) is 14.2. The van der Waals surface area contributed by atoms with Crippen LogP contribution in [0, 0.1) is 11.3 Å². The van der Waals surface area contributed by atoms with Crippen LogP contribution in [-0.4, -0.2) is 69.5 Å². The molecule has 2 saturated heterocycles. The molecule has 2 aromatic rings. The van der Waals surface area contributed by atoms with Crippen molar-refractivity contribution in [3.8, 4) is 0 Å². The number of imidazole rings is 1. The lowest BCUT2D eigenvalue weighted by molar-refractivity contribution is -0.128. The molecule has 3 fully saturated rings. The average molecular weight is 400 g/mol. The van der Waals surface area contributed by atoms with Crippen molar-refractivity contribution < 1.29 is 14.6 Å². The van der Waals surface area contributed by atoms with Crippen LogP contribution in [0.25, 0.3) is 11.2 Å². The van der Waals surface area contributed by atoms with Gasteiger partial charge in [-0.25, -0.2) is 15.0 Å². The number of aliphatic hydroxyl groups is 1. The van der Waals surface area contributed by atoms with Gasteiger partial charge in [0.1, 0.15) is 6.33 Å². The molecule has 2 aromatic heterocycles. The Bertz CT molecular complexity index is 883. The molecule has 5 rings (SSSR count). The van der Waals surface area contributed by atoms with E-state index in [4.69, 9.17) is 4.74 Å². The maximum Gasteiger partial charge on any atom is 0.223 e. The fourth-order valence-corrected chi connectivity index (χ4v) is 4.48. The quantitative estimate of drug-likeness (QED) is 0.736. The summed E-state index contributed by atoms with van der Waals surface area (Å²) in [5.74, 6) is 1.23. The van der Waals surface area contributed by atoms with Gasteiger partial charge < -0.3 is 24.6 Å². The summed E-state index contributed by atoms with van der Waals surface area (Å²) in [5.41, 5.74) is 1.37. The molecule has 156 valence electrons. The summed E-state index contributed by atoms with van der Waals surface area (Å²) in [5, 5.41) is 13.1. The van der Waals surface area contributed by atoms with Crippen LogP contribution in [0.2, 0.25) is 0 Å². The van der Waals surface area contributed by atoms with Crippen LogP contribution >= 0.6 is 0 Å². The van der Waals surface area contributed by atoms with Crippen LogP contribution < -0.4 is 10.2 Å². The van der Waals surface area contributed by atoms with Gasteiger partial charge in [-0.2, -0.15) is 0 Å². The number of hydrogen-bond donors (Lipinski definition) is 2. The lowest BCUT2D eigenvalue weighted by Gasteiger charge is -2.41. The van der Waals surface area contributed by atoms with Crippen LogP contribution in [0.1, 0.15) is 32.1 Å². The third-order valence-electron chi connectivity index (χ3n) is 6.78. The minimum atomic E-state index is -0.190. The highest BCUT2D eigenvalue weighted by Gasteiger charge is 2.35. The van der Waals surface area contributed by atoms with Crippen molar-refractivity contribution in [3.63, 3.8) is 0 Å². The molecule has 3 aliphatic rings. The minimum Gasteiger partial charge on any atom is -0.396 e.